The van der Waals surface area contributed by atoms with Gasteiger partial charge in [0.05, 0.1) is 0 Å². The first-order chi connectivity index (χ1) is 15.3. The number of carbonyl (C=O) groups excluding carboxylic acids is 3. The first kappa shape index (κ1) is 22.5. The summed E-state index contributed by atoms with van der Waals surface area (Å²) in [4.78, 5) is 48.1. The molecule has 0 bridgehead atoms. The number of rotatable bonds is 9. The highest BCUT2D eigenvalue weighted by molar-refractivity contribution is 5.95. The van der Waals surface area contributed by atoms with E-state index in [1.54, 1.807) is 18.2 Å². The molecule has 2 N–H and O–H groups in total. The average molecular weight is 442 g/mol. The average Bonchev–Trinajstić information content (AvgIpc) is 2.77. The monoisotopic (exact) mass is 442 g/mol. The molecular weight excluding hydrogens is 423 g/mol. The predicted molar refractivity (Wildman–Crippen MR) is 112 cm³/mol. The predicted octanol–water partition coefficient (Wildman–Crippen LogP) is 1.76. The standard InChI is InChI=1S/C22H19FN2O7/c23-15-3-5-16(6-4-15)25(10-9-19(24)26)20(27)12-31-22(29)13-30-17-7-1-14-2-8-21(28)32-18(14)11-17/h1-8,11H,9-10,12-13H2,(H2,24,26). The number of carbonyl (C=O) groups is 3. The van der Waals surface area contributed by atoms with Crippen LogP contribution >= 0.6 is 0 Å². The summed E-state index contributed by atoms with van der Waals surface area (Å²) in [6.45, 7) is -1.17. The van der Waals surface area contributed by atoms with Crippen LogP contribution in [0.3, 0.4) is 0 Å². The molecule has 3 aromatic rings. The van der Waals surface area contributed by atoms with Gasteiger partial charge in [0.1, 0.15) is 17.1 Å². The summed E-state index contributed by atoms with van der Waals surface area (Å²) < 4.78 is 28.5. The lowest BCUT2D eigenvalue weighted by Crippen LogP contribution is -2.37. The summed E-state index contributed by atoms with van der Waals surface area (Å²) in [6, 6.07) is 12.6. The Hall–Kier alpha value is -4.21. The van der Waals surface area contributed by atoms with E-state index in [1.807, 2.05) is 0 Å². The summed E-state index contributed by atoms with van der Waals surface area (Å²) in [5.74, 6) is -2.29. The minimum absolute atomic E-state index is 0.0594. The Labute approximate surface area is 181 Å². The fourth-order valence-corrected chi connectivity index (χ4v) is 2.78. The topological polar surface area (TPSA) is 129 Å². The maximum Gasteiger partial charge on any atom is 0.344 e. The molecule has 166 valence electrons. The van der Waals surface area contributed by atoms with Crippen molar-refractivity contribution in [3.8, 4) is 5.75 Å². The van der Waals surface area contributed by atoms with E-state index in [2.05, 4.69) is 0 Å². The number of ether oxygens (including phenoxy) is 2. The molecule has 2 aromatic carbocycles. The maximum absolute atomic E-state index is 13.2. The number of nitrogens with zero attached hydrogens (tertiary/aromatic N) is 1. The molecule has 3 rings (SSSR count). The number of hydrogen-bond acceptors (Lipinski definition) is 7. The Balaban J connectivity index is 1.56. The van der Waals surface area contributed by atoms with Crippen molar-refractivity contribution < 1.29 is 32.7 Å². The van der Waals surface area contributed by atoms with Crippen molar-refractivity contribution in [1.82, 2.24) is 0 Å². The van der Waals surface area contributed by atoms with Gasteiger partial charge in [-0.1, -0.05) is 0 Å². The number of hydrogen-bond donors (Lipinski definition) is 1. The molecule has 0 aliphatic rings. The number of primary amides is 1. The highest BCUT2D eigenvalue weighted by Crippen LogP contribution is 2.19. The van der Waals surface area contributed by atoms with Crippen molar-refractivity contribution in [2.45, 2.75) is 6.42 Å². The lowest BCUT2D eigenvalue weighted by molar-refractivity contribution is -0.149. The molecule has 0 saturated heterocycles. The van der Waals surface area contributed by atoms with Crippen LogP contribution in [0.25, 0.3) is 11.0 Å². The Kier molecular flexibility index (Phi) is 7.17. The second-order valence-corrected chi connectivity index (χ2v) is 6.64. The summed E-state index contributed by atoms with van der Waals surface area (Å²) in [5.41, 5.74) is 5.24. The summed E-state index contributed by atoms with van der Waals surface area (Å²) >= 11 is 0. The smallest absolute Gasteiger partial charge is 0.344 e. The first-order valence-corrected chi connectivity index (χ1v) is 9.48. The molecule has 0 atom stereocenters. The number of anilines is 1. The van der Waals surface area contributed by atoms with Crippen molar-refractivity contribution >= 4 is 34.4 Å². The summed E-state index contributed by atoms with van der Waals surface area (Å²) in [5, 5.41) is 0.682. The highest BCUT2D eigenvalue weighted by atomic mass is 19.1. The molecule has 0 saturated carbocycles. The van der Waals surface area contributed by atoms with E-state index in [-0.39, 0.29) is 18.7 Å². The van der Waals surface area contributed by atoms with Gasteiger partial charge in [-0.3, -0.25) is 9.59 Å². The first-order valence-electron chi connectivity index (χ1n) is 9.48. The van der Waals surface area contributed by atoms with Crippen LogP contribution in [0.4, 0.5) is 10.1 Å². The van der Waals surface area contributed by atoms with Gasteiger partial charge in [-0.2, -0.15) is 0 Å². The third kappa shape index (κ3) is 6.14. The van der Waals surface area contributed by atoms with Crippen LogP contribution in [0.15, 0.2) is 63.8 Å². The van der Waals surface area contributed by atoms with Crippen LogP contribution in [0, 0.1) is 5.82 Å². The molecule has 32 heavy (non-hydrogen) atoms. The van der Waals surface area contributed by atoms with Crippen molar-refractivity contribution in [3.63, 3.8) is 0 Å². The lowest BCUT2D eigenvalue weighted by atomic mass is 10.2. The van der Waals surface area contributed by atoms with Gasteiger partial charge in [-0.25, -0.2) is 14.0 Å². The van der Waals surface area contributed by atoms with Gasteiger partial charge in [0.2, 0.25) is 5.91 Å². The SMILES string of the molecule is NC(=O)CCN(C(=O)COC(=O)COc1ccc2ccc(=O)oc2c1)c1ccc(F)cc1. The van der Waals surface area contributed by atoms with E-state index in [4.69, 9.17) is 19.6 Å². The Bertz CT molecular complexity index is 1190. The van der Waals surface area contributed by atoms with E-state index in [0.717, 1.165) is 12.1 Å². The Morgan fingerprint density at radius 2 is 1.72 bits per heavy atom. The minimum Gasteiger partial charge on any atom is -0.482 e. The molecule has 0 aliphatic carbocycles. The van der Waals surface area contributed by atoms with Gasteiger partial charge >= 0.3 is 11.6 Å². The number of amides is 2. The number of benzene rings is 2. The van der Waals surface area contributed by atoms with Crippen LogP contribution in [0.2, 0.25) is 0 Å². The molecule has 1 heterocycles. The maximum atomic E-state index is 13.2. The van der Waals surface area contributed by atoms with Gasteiger partial charge in [0.15, 0.2) is 13.2 Å². The molecule has 0 radical (unpaired) electrons. The second kappa shape index (κ2) is 10.2. The quantitative estimate of drug-likeness (QED) is 0.395. The third-order valence-corrected chi connectivity index (χ3v) is 4.33. The summed E-state index contributed by atoms with van der Waals surface area (Å²) in [6.07, 6.45) is -0.127. The van der Waals surface area contributed by atoms with E-state index in [0.29, 0.717) is 16.7 Å². The normalized spacial score (nSPS) is 10.5. The molecule has 0 spiro atoms. The molecule has 9 nitrogen and oxygen atoms in total. The van der Waals surface area contributed by atoms with Gasteiger partial charge in [0, 0.05) is 36.2 Å². The molecule has 1 aromatic heterocycles. The Morgan fingerprint density at radius 3 is 2.44 bits per heavy atom. The van der Waals surface area contributed by atoms with Crippen molar-refractivity contribution in [3.05, 3.63) is 70.8 Å². The molecule has 0 aliphatic heterocycles. The zero-order valence-electron chi connectivity index (χ0n) is 16.8. The molecule has 0 unspecified atom stereocenters. The third-order valence-electron chi connectivity index (χ3n) is 4.33. The van der Waals surface area contributed by atoms with E-state index in [9.17, 15) is 23.6 Å². The number of nitrogens with two attached hydrogens (primary N) is 1. The van der Waals surface area contributed by atoms with E-state index >= 15 is 0 Å². The van der Waals surface area contributed by atoms with Crippen molar-refractivity contribution in [2.75, 3.05) is 24.7 Å². The molecule has 0 fully saturated rings. The van der Waals surface area contributed by atoms with E-state index in [1.165, 1.54) is 29.2 Å². The molecule has 10 heteroatoms. The number of esters is 1. The number of halogens is 1. The van der Waals surface area contributed by atoms with Gasteiger partial charge in [0.25, 0.3) is 5.91 Å². The second-order valence-electron chi connectivity index (χ2n) is 6.64. The fraction of sp³-hybridized carbons (Fsp3) is 0.182. The molecular formula is C22H19FN2O7. The number of fused-ring (bicyclic) bond motifs is 1. The lowest BCUT2D eigenvalue weighted by Gasteiger charge is -2.22. The van der Waals surface area contributed by atoms with Gasteiger partial charge in [-0.05, 0) is 42.5 Å². The highest BCUT2D eigenvalue weighted by Gasteiger charge is 2.19. The van der Waals surface area contributed by atoms with Crippen LogP contribution in [0.1, 0.15) is 6.42 Å². The summed E-state index contributed by atoms with van der Waals surface area (Å²) in [7, 11) is 0. The van der Waals surface area contributed by atoms with Crippen molar-refractivity contribution in [1.29, 1.82) is 0 Å². The van der Waals surface area contributed by atoms with Crippen LogP contribution in [-0.2, 0) is 19.1 Å². The van der Waals surface area contributed by atoms with E-state index < -0.39 is 42.4 Å². The minimum atomic E-state index is -0.818. The fourth-order valence-electron chi connectivity index (χ4n) is 2.78. The molecule has 2 amide bonds. The largest absolute Gasteiger partial charge is 0.482 e. The van der Waals surface area contributed by atoms with Crippen LogP contribution in [0.5, 0.6) is 5.75 Å². The zero-order chi connectivity index (χ0) is 23.1. The van der Waals surface area contributed by atoms with Gasteiger partial charge < -0.3 is 24.5 Å². The van der Waals surface area contributed by atoms with Crippen LogP contribution in [-0.4, -0.2) is 37.5 Å². The van der Waals surface area contributed by atoms with Crippen molar-refractivity contribution in [2.24, 2.45) is 5.73 Å². The zero-order valence-corrected chi connectivity index (χ0v) is 16.8. The van der Waals surface area contributed by atoms with Gasteiger partial charge in [-0.15, -0.1) is 0 Å². The van der Waals surface area contributed by atoms with Crippen LogP contribution < -0.4 is 21.0 Å². The Morgan fingerprint density at radius 1 is 1.00 bits per heavy atom.